The Hall–Kier alpha value is -2.10. The standard InChI is InChI=1S/C12H12N4/c1-2-9-15-10-7-5-3-4-6-8(7)14-12(13)11(10)16-9/h3-6H,2H2,1H3,(H2,13,14)(H,15,16). The number of anilines is 1. The number of nitrogens with two attached hydrogens (primary N) is 1. The molecule has 0 saturated carbocycles. The molecule has 0 saturated heterocycles. The molecule has 2 heterocycles. The number of para-hydroxylation sites is 1. The Balaban J connectivity index is 2.52. The number of pyridine rings is 1. The number of benzene rings is 1. The fourth-order valence-corrected chi connectivity index (χ4v) is 1.94. The van der Waals surface area contributed by atoms with Gasteiger partial charge in [0.15, 0.2) is 5.82 Å². The van der Waals surface area contributed by atoms with E-state index in [4.69, 9.17) is 5.73 Å². The number of H-pyrrole nitrogens is 1. The van der Waals surface area contributed by atoms with E-state index in [1.54, 1.807) is 0 Å². The third kappa shape index (κ3) is 1.16. The maximum Gasteiger partial charge on any atom is 0.152 e. The first-order chi connectivity index (χ1) is 7.79. The summed E-state index contributed by atoms with van der Waals surface area (Å²) in [4.78, 5) is 12.1. The van der Waals surface area contributed by atoms with Gasteiger partial charge in [0.1, 0.15) is 11.3 Å². The predicted octanol–water partition coefficient (Wildman–Crippen LogP) is 2.26. The number of hydrogen-bond donors (Lipinski definition) is 2. The van der Waals surface area contributed by atoms with Crippen LogP contribution in [0.4, 0.5) is 5.82 Å². The topological polar surface area (TPSA) is 67.6 Å². The van der Waals surface area contributed by atoms with E-state index in [0.717, 1.165) is 34.2 Å². The molecule has 0 amide bonds. The lowest BCUT2D eigenvalue weighted by molar-refractivity contribution is 1.00. The van der Waals surface area contributed by atoms with Gasteiger partial charge in [0.25, 0.3) is 0 Å². The van der Waals surface area contributed by atoms with Crippen LogP contribution in [0, 0.1) is 0 Å². The van der Waals surface area contributed by atoms with Crippen molar-refractivity contribution in [2.75, 3.05) is 5.73 Å². The third-order valence-electron chi connectivity index (χ3n) is 2.74. The van der Waals surface area contributed by atoms with Crippen LogP contribution in [0.2, 0.25) is 0 Å². The van der Waals surface area contributed by atoms with E-state index in [-0.39, 0.29) is 0 Å². The van der Waals surface area contributed by atoms with Crippen LogP contribution in [-0.2, 0) is 6.42 Å². The molecule has 3 aromatic rings. The van der Waals surface area contributed by atoms with Crippen molar-refractivity contribution in [2.24, 2.45) is 0 Å². The van der Waals surface area contributed by atoms with Gasteiger partial charge in [-0.3, -0.25) is 0 Å². The molecule has 0 fully saturated rings. The second kappa shape index (κ2) is 3.20. The normalized spacial score (nSPS) is 11.3. The predicted molar refractivity (Wildman–Crippen MR) is 65.2 cm³/mol. The molecular formula is C12H12N4. The Morgan fingerprint density at radius 1 is 1.25 bits per heavy atom. The van der Waals surface area contributed by atoms with Crippen molar-refractivity contribution in [3.63, 3.8) is 0 Å². The van der Waals surface area contributed by atoms with Crippen LogP contribution in [0.3, 0.4) is 0 Å². The molecule has 80 valence electrons. The maximum atomic E-state index is 5.90. The van der Waals surface area contributed by atoms with Crippen LogP contribution < -0.4 is 5.73 Å². The van der Waals surface area contributed by atoms with E-state index in [0.29, 0.717) is 5.82 Å². The number of imidazole rings is 1. The zero-order valence-corrected chi connectivity index (χ0v) is 8.99. The van der Waals surface area contributed by atoms with Gasteiger partial charge < -0.3 is 10.7 Å². The molecule has 4 heteroatoms. The minimum atomic E-state index is 0.490. The highest BCUT2D eigenvalue weighted by Crippen LogP contribution is 2.25. The lowest BCUT2D eigenvalue weighted by Gasteiger charge is -1.99. The van der Waals surface area contributed by atoms with Gasteiger partial charge in [-0.2, -0.15) is 0 Å². The van der Waals surface area contributed by atoms with Crippen molar-refractivity contribution in [3.05, 3.63) is 30.1 Å². The van der Waals surface area contributed by atoms with Crippen LogP contribution >= 0.6 is 0 Å². The number of fused-ring (bicyclic) bond motifs is 3. The Morgan fingerprint density at radius 2 is 2.06 bits per heavy atom. The van der Waals surface area contributed by atoms with Gasteiger partial charge in [-0.25, -0.2) is 9.97 Å². The van der Waals surface area contributed by atoms with Gasteiger partial charge in [0, 0.05) is 11.8 Å². The Kier molecular flexibility index (Phi) is 1.83. The second-order valence-electron chi connectivity index (χ2n) is 3.77. The minimum Gasteiger partial charge on any atom is -0.382 e. The summed E-state index contributed by atoms with van der Waals surface area (Å²) in [6.45, 7) is 2.06. The number of nitrogens with one attached hydrogen (secondary N) is 1. The Morgan fingerprint density at radius 3 is 2.88 bits per heavy atom. The first-order valence-electron chi connectivity index (χ1n) is 5.32. The minimum absolute atomic E-state index is 0.490. The highest BCUT2D eigenvalue weighted by atomic mass is 15.0. The molecule has 0 spiro atoms. The largest absolute Gasteiger partial charge is 0.382 e. The molecule has 4 nitrogen and oxygen atoms in total. The molecule has 3 N–H and O–H groups in total. The molecule has 0 aliphatic rings. The highest BCUT2D eigenvalue weighted by molar-refractivity contribution is 6.05. The number of nitrogens with zero attached hydrogens (tertiary/aromatic N) is 2. The van der Waals surface area contributed by atoms with Crippen LogP contribution in [0.25, 0.3) is 21.9 Å². The molecule has 0 aliphatic heterocycles. The van der Waals surface area contributed by atoms with Gasteiger partial charge in [-0.15, -0.1) is 0 Å². The molecule has 16 heavy (non-hydrogen) atoms. The monoisotopic (exact) mass is 212 g/mol. The molecule has 3 rings (SSSR count). The number of hydrogen-bond acceptors (Lipinski definition) is 3. The molecule has 2 aromatic heterocycles. The average Bonchev–Trinajstić information content (AvgIpc) is 2.74. The van der Waals surface area contributed by atoms with Crippen LogP contribution in [0.15, 0.2) is 24.3 Å². The smallest absolute Gasteiger partial charge is 0.152 e. The highest BCUT2D eigenvalue weighted by Gasteiger charge is 2.09. The summed E-state index contributed by atoms with van der Waals surface area (Å²) in [6.07, 6.45) is 0.864. The number of rotatable bonds is 1. The molecule has 0 radical (unpaired) electrons. The van der Waals surface area contributed by atoms with Crippen molar-refractivity contribution in [1.29, 1.82) is 0 Å². The quantitative estimate of drug-likeness (QED) is 0.650. The summed E-state index contributed by atoms with van der Waals surface area (Å²) < 4.78 is 0. The van der Waals surface area contributed by atoms with E-state index in [1.807, 2.05) is 24.3 Å². The second-order valence-corrected chi connectivity index (χ2v) is 3.77. The number of nitrogen functional groups attached to an aromatic ring is 1. The van der Waals surface area contributed by atoms with Gasteiger partial charge >= 0.3 is 0 Å². The first kappa shape index (κ1) is 9.15. The lowest BCUT2D eigenvalue weighted by Crippen LogP contribution is -1.92. The zero-order chi connectivity index (χ0) is 11.1. The third-order valence-corrected chi connectivity index (χ3v) is 2.74. The summed E-state index contributed by atoms with van der Waals surface area (Å²) in [7, 11) is 0. The van der Waals surface area contributed by atoms with Gasteiger partial charge in [-0.05, 0) is 6.07 Å². The molecule has 0 atom stereocenters. The zero-order valence-electron chi connectivity index (χ0n) is 8.99. The molecule has 1 aromatic carbocycles. The molecule has 0 unspecified atom stereocenters. The van der Waals surface area contributed by atoms with E-state index in [2.05, 4.69) is 21.9 Å². The van der Waals surface area contributed by atoms with Gasteiger partial charge in [0.2, 0.25) is 0 Å². The van der Waals surface area contributed by atoms with E-state index < -0.39 is 0 Å². The summed E-state index contributed by atoms with van der Waals surface area (Å²) in [5, 5.41) is 1.07. The molecular weight excluding hydrogens is 200 g/mol. The fraction of sp³-hybridized carbons (Fsp3) is 0.167. The first-order valence-corrected chi connectivity index (χ1v) is 5.32. The van der Waals surface area contributed by atoms with Crippen molar-refractivity contribution < 1.29 is 0 Å². The van der Waals surface area contributed by atoms with Gasteiger partial charge in [0.05, 0.1) is 11.0 Å². The van der Waals surface area contributed by atoms with Crippen LogP contribution in [-0.4, -0.2) is 15.0 Å². The van der Waals surface area contributed by atoms with Crippen LogP contribution in [0.5, 0.6) is 0 Å². The number of aromatic nitrogens is 3. The van der Waals surface area contributed by atoms with Crippen molar-refractivity contribution in [1.82, 2.24) is 15.0 Å². The van der Waals surface area contributed by atoms with E-state index >= 15 is 0 Å². The van der Waals surface area contributed by atoms with E-state index in [1.165, 1.54) is 0 Å². The summed E-state index contributed by atoms with van der Waals surface area (Å²) >= 11 is 0. The van der Waals surface area contributed by atoms with Crippen LogP contribution in [0.1, 0.15) is 12.7 Å². The Bertz CT molecular complexity index is 669. The Labute approximate surface area is 92.5 Å². The van der Waals surface area contributed by atoms with Gasteiger partial charge in [-0.1, -0.05) is 25.1 Å². The number of aryl methyl sites for hydroxylation is 1. The van der Waals surface area contributed by atoms with Crippen molar-refractivity contribution in [2.45, 2.75) is 13.3 Å². The summed E-state index contributed by atoms with van der Waals surface area (Å²) in [5.41, 5.74) is 8.56. The summed E-state index contributed by atoms with van der Waals surface area (Å²) in [6, 6.07) is 7.93. The lowest BCUT2D eigenvalue weighted by atomic mass is 10.2. The fourth-order valence-electron chi connectivity index (χ4n) is 1.94. The number of aromatic amines is 1. The maximum absolute atomic E-state index is 5.90. The molecule has 0 bridgehead atoms. The molecule has 0 aliphatic carbocycles. The van der Waals surface area contributed by atoms with E-state index in [9.17, 15) is 0 Å². The summed E-state index contributed by atoms with van der Waals surface area (Å²) in [5.74, 6) is 1.43. The van der Waals surface area contributed by atoms with Crippen molar-refractivity contribution >= 4 is 27.8 Å². The SMILES string of the molecule is CCc1nc2c(N)nc3ccccc3c2[nH]1. The average molecular weight is 212 g/mol. The van der Waals surface area contributed by atoms with Crippen molar-refractivity contribution in [3.8, 4) is 0 Å².